The predicted molar refractivity (Wildman–Crippen MR) is 77.8 cm³/mol. The summed E-state index contributed by atoms with van der Waals surface area (Å²) in [6.07, 6.45) is 1.10. The molecule has 0 heterocycles. The Hall–Kier alpha value is -1.31. The maximum Gasteiger partial charge on any atom is 0.0406 e. The van der Waals surface area contributed by atoms with E-state index in [1.165, 1.54) is 16.7 Å². The second-order valence-corrected chi connectivity index (χ2v) is 4.84. The predicted octanol–water partition coefficient (Wildman–Crippen LogP) is 4.19. The van der Waals surface area contributed by atoms with E-state index in [9.17, 15) is 0 Å². The molecule has 2 aromatic rings. The Balaban J connectivity index is 1.82. The first kappa shape index (κ1) is 13.1. The maximum absolute atomic E-state index is 5.85. The molecule has 94 valence electrons. The van der Waals surface area contributed by atoms with Crippen LogP contribution in [0.25, 0.3) is 0 Å². The van der Waals surface area contributed by atoms with Gasteiger partial charge >= 0.3 is 0 Å². The Morgan fingerprint density at radius 3 is 1.72 bits per heavy atom. The first-order valence-electron chi connectivity index (χ1n) is 6.31. The first-order valence-corrected chi connectivity index (χ1v) is 6.68. The quantitative estimate of drug-likeness (QED) is 0.849. The van der Waals surface area contributed by atoms with E-state index in [4.69, 9.17) is 11.6 Å². The molecule has 0 aliphatic carbocycles. The Labute approximate surface area is 114 Å². The third-order valence-corrected chi connectivity index (χ3v) is 3.25. The summed E-state index contributed by atoms with van der Waals surface area (Å²) in [5, 5.41) is 4.22. The molecule has 18 heavy (non-hydrogen) atoms. The van der Waals surface area contributed by atoms with Crippen molar-refractivity contribution in [1.29, 1.82) is 0 Å². The van der Waals surface area contributed by atoms with Gasteiger partial charge in [-0.25, -0.2) is 0 Å². The van der Waals surface area contributed by atoms with Crippen LogP contribution in [0.1, 0.15) is 23.6 Å². The number of hydrogen-bond donors (Lipinski definition) is 1. The summed E-state index contributed by atoms with van der Waals surface area (Å²) in [5.41, 5.74) is 3.96. The SMILES string of the molecule is CCc1ccc(CNCc2ccc(Cl)cc2)cc1. The number of nitrogens with one attached hydrogen (secondary N) is 1. The van der Waals surface area contributed by atoms with Crippen molar-refractivity contribution in [3.63, 3.8) is 0 Å². The van der Waals surface area contributed by atoms with Crippen molar-refractivity contribution in [1.82, 2.24) is 5.32 Å². The molecular weight excluding hydrogens is 242 g/mol. The van der Waals surface area contributed by atoms with Gasteiger partial charge in [-0.3, -0.25) is 0 Å². The number of hydrogen-bond acceptors (Lipinski definition) is 1. The topological polar surface area (TPSA) is 12.0 Å². The molecule has 1 N–H and O–H groups in total. The average molecular weight is 260 g/mol. The van der Waals surface area contributed by atoms with Crippen LogP contribution in [0.15, 0.2) is 48.5 Å². The Kier molecular flexibility index (Phi) is 4.80. The zero-order valence-corrected chi connectivity index (χ0v) is 11.4. The van der Waals surface area contributed by atoms with Crippen molar-refractivity contribution in [2.24, 2.45) is 0 Å². The zero-order chi connectivity index (χ0) is 12.8. The van der Waals surface area contributed by atoms with Crippen molar-refractivity contribution in [3.05, 3.63) is 70.2 Å². The van der Waals surface area contributed by atoms with Gasteiger partial charge in [-0.05, 0) is 35.2 Å². The van der Waals surface area contributed by atoms with Crippen LogP contribution in [-0.2, 0) is 19.5 Å². The minimum Gasteiger partial charge on any atom is -0.309 e. The van der Waals surface area contributed by atoms with Gasteiger partial charge in [-0.15, -0.1) is 0 Å². The summed E-state index contributed by atoms with van der Waals surface area (Å²) in [6, 6.07) is 16.7. The molecule has 0 fully saturated rings. The molecule has 2 aromatic carbocycles. The Bertz CT molecular complexity index is 473. The Morgan fingerprint density at radius 1 is 0.778 bits per heavy atom. The van der Waals surface area contributed by atoms with E-state index in [-0.39, 0.29) is 0 Å². The molecule has 0 amide bonds. The van der Waals surface area contributed by atoms with Crippen LogP contribution in [0.4, 0.5) is 0 Å². The fourth-order valence-corrected chi connectivity index (χ4v) is 1.97. The van der Waals surface area contributed by atoms with Gasteiger partial charge in [0.2, 0.25) is 0 Å². The second kappa shape index (κ2) is 6.58. The van der Waals surface area contributed by atoms with Gasteiger partial charge in [0, 0.05) is 18.1 Å². The summed E-state index contributed by atoms with van der Waals surface area (Å²) in [7, 11) is 0. The van der Waals surface area contributed by atoms with E-state index in [0.717, 1.165) is 24.5 Å². The highest BCUT2D eigenvalue weighted by atomic mass is 35.5. The Morgan fingerprint density at radius 2 is 1.22 bits per heavy atom. The molecule has 2 rings (SSSR count). The minimum atomic E-state index is 0.786. The second-order valence-electron chi connectivity index (χ2n) is 4.40. The molecule has 0 saturated carbocycles. The van der Waals surface area contributed by atoms with Crippen LogP contribution in [-0.4, -0.2) is 0 Å². The van der Waals surface area contributed by atoms with Gasteiger partial charge in [-0.2, -0.15) is 0 Å². The summed E-state index contributed by atoms with van der Waals surface area (Å²) in [6.45, 7) is 3.94. The molecule has 0 unspecified atom stereocenters. The maximum atomic E-state index is 5.85. The first-order chi connectivity index (χ1) is 8.78. The van der Waals surface area contributed by atoms with Gasteiger partial charge in [0.05, 0.1) is 0 Å². The molecule has 0 spiro atoms. The number of aryl methyl sites for hydroxylation is 1. The van der Waals surface area contributed by atoms with Crippen LogP contribution in [0.2, 0.25) is 5.02 Å². The monoisotopic (exact) mass is 259 g/mol. The normalized spacial score (nSPS) is 10.6. The van der Waals surface area contributed by atoms with E-state index in [2.05, 4.69) is 48.6 Å². The van der Waals surface area contributed by atoms with Crippen LogP contribution in [0.3, 0.4) is 0 Å². The van der Waals surface area contributed by atoms with E-state index in [1.807, 2.05) is 12.1 Å². The van der Waals surface area contributed by atoms with Gasteiger partial charge in [-0.1, -0.05) is 54.9 Å². The summed E-state index contributed by atoms with van der Waals surface area (Å²) < 4.78 is 0. The molecule has 0 aliphatic heterocycles. The van der Waals surface area contributed by atoms with Crippen LogP contribution in [0.5, 0.6) is 0 Å². The fraction of sp³-hybridized carbons (Fsp3) is 0.250. The van der Waals surface area contributed by atoms with Crippen molar-refractivity contribution >= 4 is 11.6 Å². The minimum absolute atomic E-state index is 0.786. The number of benzene rings is 2. The van der Waals surface area contributed by atoms with Crippen LogP contribution >= 0.6 is 11.6 Å². The van der Waals surface area contributed by atoms with E-state index < -0.39 is 0 Å². The lowest BCUT2D eigenvalue weighted by Crippen LogP contribution is -2.12. The summed E-state index contributed by atoms with van der Waals surface area (Å²) >= 11 is 5.85. The number of rotatable bonds is 5. The lowest BCUT2D eigenvalue weighted by atomic mass is 10.1. The van der Waals surface area contributed by atoms with Crippen molar-refractivity contribution in [2.75, 3.05) is 0 Å². The van der Waals surface area contributed by atoms with Crippen molar-refractivity contribution in [3.8, 4) is 0 Å². The molecule has 0 aliphatic rings. The molecule has 0 aromatic heterocycles. The third kappa shape index (κ3) is 3.86. The third-order valence-electron chi connectivity index (χ3n) is 3.00. The van der Waals surface area contributed by atoms with Crippen molar-refractivity contribution in [2.45, 2.75) is 26.4 Å². The molecule has 0 atom stereocenters. The number of halogens is 1. The highest BCUT2D eigenvalue weighted by molar-refractivity contribution is 6.30. The summed E-state index contributed by atoms with van der Waals surface area (Å²) in [4.78, 5) is 0. The molecular formula is C16H18ClN. The molecule has 1 nitrogen and oxygen atoms in total. The van der Waals surface area contributed by atoms with E-state index in [1.54, 1.807) is 0 Å². The molecule has 0 saturated heterocycles. The zero-order valence-electron chi connectivity index (χ0n) is 10.6. The van der Waals surface area contributed by atoms with Gasteiger partial charge in [0.15, 0.2) is 0 Å². The van der Waals surface area contributed by atoms with Gasteiger partial charge in [0.25, 0.3) is 0 Å². The van der Waals surface area contributed by atoms with Gasteiger partial charge < -0.3 is 5.32 Å². The van der Waals surface area contributed by atoms with E-state index in [0.29, 0.717) is 0 Å². The average Bonchev–Trinajstić information content (AvgIpc) is 2.42. The smallest absolute Gasteiger partial charge is 0.0406 e. The highest BCUT2D eigenvalue weighted by Gasteiger charge is 1.95. The van der Waals surface area contributed by atoms with Crippen LogP contribution in [0, 0.1) is 0 Å². The highest BCUT2D eigenvalue weighted by Crippen LogP contribution is 2.09. The largest absolute Gasteiger partial charge is 0.309 e. The lowest BCUT2D eigenvalue weighted by Gasteiger charge is -2.06. The molecule has 0 radical (unpaired) electrons. The standard InChI is InChI=1S/C16H18ClN/c1-2-13-3-5-14(6-4-13)11-18-12-15-7-9-16(17)10-8-15/h3-10,18H,2,11-12H2,1H3. The summed E-state index contributed by atoms with van der Waals surface area (Å²) in [5.74, 6) is 0. The van der Waals surface area contributed by atoms with Crippen molar-refractivity contribution < 1.29 is 0 Å². The van der Waals surface area contributed by atoms with Gasteiger partial charge in [0.1, 0.15) is 0 Å². The van der Waals surface area contributed by atoms with E-state index >= 15 is 0 Å². The fourth-order valence-electron chi connectivity index (χ4n) is 1.85. The van der Waals surface area contributed by atoms with Crippen LogP contribution < -0.4 is 5.32 Å². The lowest BCUT2D eigenvalue weighted by molar-refractivity contribution is 0.693. The molecule has 2 heteroatoms. The molecule has 0 bridgehead atoms.